The Bertz CT molecular complexity index is 522. The summed E-state index contributed by atoms with van der Waals surface area (Å²) in [7, 11) is 0. The van der Waals surface area contributed by atoms with Gasteiger partial charge in [0.1, 0.15) is 11.6 Å². The summed E-state index contributed by atoms with van der Waals surface area (Å²) in [5.74, 6) is 4.00. The van der Waals surface area contributed by atoms with Crippen LogP contribution in [0, 0.1) is 18.6 Å². The number of benzene rings is 1. The molecular formula is C12H12F2N4. The number of aryl methyl sites for hydroxylation is 1. The van der Waals surface area contributed by atoms with E-state index in [1.54, 1.807) is 6.92 Å². The van der Waals surface area contributed by atoms with Crippen LogP contribution in [-0.4, -0.2) is 9.97 Å². The Labute approximate surface area is 103 Å². The smallest absolute Gasteiger partial charge is 0.131 e. The second-order valence-electron chi connectivity index (χ2n) is 3.82. The fourth-order valence-electron chi connectivity index (χ4n) is 1.65. The maximum Gasteiger partial charge on any atom is 0.131 e. The number of nitrogens with two attached hydrogens (primary N) is 1. The Kier molecular flexibility index (Phi) is 3.59. The van der Waals surface area contributed by atoms with Crippen molar-refractivity contribution in [3.05, 3.63) is 59.2 Å². The molecule has 1 atom stereocenters. The minimum atomic E-state index is -0.876. The molecule has 1 aromatic carbocycles. The molecule has 2 aromatic rings. The van der Waals surface area contributed by atoms with Crippen LogP contribution in [0.1, 0.15) is 23.0 Å². The first-order chi connectivity index (χ1) is 8.63. The molecule has 3 N–H and O–H groups in total. The van der Waals surface area contributed by atoms with Gasteiger partial charge in [-0.3, -0.25) is 15.8 Å². The maximum atomic E-state index is 13.7. The van der Waals surface area contributed by atoms with Crippen LogP contribution in [0.5, 0.6) is 0 Å². The lowest BCUT2D eigenvalue weighted by atomic mass is 10.0. The highest BCUT2D eigenvalue weighted by Gasteiger charge is 2.22. The Morgan fingerprint density at radius 2 is 1.83 bits per heavy atom. The maximum absolute atomic E-state index is 13.7. The molecule has 0 aliphatic carbocycles. The van der Waals surface area contributed by atoms with Crippen molar-refractivity contribution in [2.75, 3.05) is 0 Å². The van der Waals surface area contributed by atoms with Crippen molar-refractivity contribution in [3.63, 3.8) is 0 Å². The van der Waals surface area contributed by atoms with Gasteiger partial charge in [-0.25, -0.2) is 14.2 Å². The minimum Gasteiger partial charge on any atom is -0.271 e. The molecule has 0 saturated carbocycles. The zero-order chi connectivity index (χ0) is 13.1. The molecule has 0 amide bonds. The number of aromatic nitrogens is 2. The average Bonchev–Trinajstić information content (AvgIpc) is 2.35. The minimum absolute atomic E-state index is 0.168. The third-order valence-electron chi connectivity index (χ3n) is 2.55. The summed E-state index contributed by atoms with van der Waals surface area (Å²) in [5, 5.41) is 0. The molecule has 0 spiro atoms. The lowest BCUT2D eigenvalue weighted by Gasteiger charge is -2.16. The molecule has 2 rings (SSSR count). The van der Waals surface area contributed by atoms with Gasteiger partial charge in [0, 0.05) is 11.8 Å². The van der Waals surface area contributed by atoms with Gasteiger partial charge in [0.15, 0.2) is 0 Å². The van der Waals surface area contributed by atoms with E-state index in [1.165, 1.54) is 30.6 Å². The molecular weight excluding hydrogens is 238 g/mol. The summed E-state index contributed by atoms with van der Waals surface area (Å²) in [6.07, 6.45) is 2.95. The van der Waals surface area contributed by atoms with Crippen molar-refractivity contribution in [3.8, 4) is 0 Å². The number of rotatable bonds is 3. The van der Waals surface area contributed by atoms with Crippen LogP contribution in [0.2, 0.25) is 0 Å². The monoisotopic (exact) mass is 250 g/mol. The van der Waals surface area contributed by atoms with Crippen LogP contribution in [0.3, 0.4) is 0 Å². The zero-order valence-corrected chi connectivity index (χ0v) is 9.69. The van der Waals surface area contributed by atoms with E-state index in [2.05, 4.69) is 15.4 Å². The molecule has 1 aromatic heterocycles. The van der Waals surface area contributed by atoms with E-state index in [0.29, 0.717) is 11.4 Å². The van der Waals surface area contributed by atoms with Crippen LogP contribution in [0.25, 0.3) is 0 Å². The first-order valence-corrected chi connectivity index (χ1v) is 5.32. The lowest BCUT2D eigenvalue weighted by Crippen LogP contribution is -2.31. The van der Waals surface area contributed by atoms with Crippen LogP contribution >= 0.6 is 0 Å². The first kappa shape index (κ1) is 12.5. The van der Waals surface area contributed by atoms with E-state index in [0.717, 1.165) is 0 Å². The van der Waals surface area contributed by atoms with Crippen LogP contribution in [-0.2, 0) is 0 Å². The number of hydrogen-bond acceptors (Lipinski definition) is 4. The number of hydrazine groups is 1. The van der Waals surface area contributed by atoms with Crippen molar-refractivity contribution in [1.82, 2.24) is 15.4 Å². The topological polar surface area (TPSA) is 63.8 Å². The van der Waals surface area contributed by atoms with E-state index in [1.807, 2.05) is 0 Å². The largest absolute Gasteiger partial charge is 0.271 e. The summed E-state index contributed by atoms with van der Waals surface area (Å²) >= 11 is 0. The van der Waals surface area contributed by atoms with Crippen LogP contribution in [0.4, 0.5) is 8.78 Å². The van der Waals surface area contributed by atoms with Gasteiger partial charge in [-0.15, -0.1) is 0 Å². The summed E-state index contributed by atoms with van der Waals surface area (Å²) in [6, 6.07) is 2.76. The quantitative estimate of drug-likeness (QED) is 0.641. The van der Waals surface area contributed by atoms with E-state index in [9.17, 15) is 8.78 Å². The standard InChI is InChI=1S/C12H12F2N4/c1-7-5-17-10(6-16-7)12(18-15)11-8(13)3-2-4-9(11)14/h2-6,12,18H,15H2,1H3. The third kappa shape index (κ3) is 2.34. The Balaban J connectivity index is 2.48. The van der Waals surface area contributed by atoms with Gasteiger partial charge in [0.25, 0.3) is 0 Å². The van der Waals surface area contributed by atoms with Gasteiger partial charge in [-0.1, -0.05) is 6.07 Å². The summed E-state index contributed by atoms with van der Waals surface area (Å²) in [5.41, 5.74) is 3.25. The predicted octanol–water partition coefficient (Wildman–Crippen LogP) is 1.62. The summed E-state index contributed by atoms with van der Waals surface area (Å²) in [4.78, 5) is 8.10. The van der Waals surface area contributed by atoms with Gasteiger partial charge in [0.2, 0.25) is 0 Å². The highest BCUT2D eigenvalue weighted by molar-refractivity contribution is 5.29. The lowest BCUT2D eigenvalue weighted by molar-refractivity contribution is 0.504. The molecule has 0 fully saturated rings. The van der Waals surface area contributed by atoms with Crippen molar-refractivity contribution >= 4 is 0 Å². The van der Waals surface area contributed by atoms with Gasteiger partial charge in [0.05, 0.1) is 23.6 Å². The molecule has 4 nitrogen and oxygen atoms in total. The first-order valence-electron chi connectivity index (χ1n) is 5.32. The molecule has 0 aliphatic rings. The Morgan fingerprint density at radius 3 is 2.33 bits per heavy atom. The molecule has 0 saturated heterocycles. The highest BCUT2D eigenvalue weighted by atomic mass is 19.1. The van der Waals surface area contributed by atoms with E-state index in [4.69, 9.17) is 5.84 Å². The second-order valence-corrected chi connectivity index (χ2v) is 3.82. The zero-order valence-electron chi connectivity index (χ0n) is 9.69. The van der Waals surface area contributed by atoms with Crippen molar-refractivity contribution in [1.29, 1.82) is 0 Å². The summed E-state index contributed by atoms with van der Waals surface area (Å²) < 4.78 is 27.3. The number of halogens is 2. The number of hydrogen-bond donors (Lipinski definition) is 2. The number of nitrogens with one attached hydrogen (secondary N) is 1. The third-order valence-corrected chi connectivity index (χ3v) is 2.55. The Hall–Kier alpha value is -1.92. The van der Waals surface area contributed by atoms with Gasteiger partial charge < -0.3 is 0 Å². The van der Waals surface area contributed by atoms with Crippen molar-refractivity contribution < 1.29 is 8.78 Å². The average molecular weight is 250 g/mol. The molecule has 6 heteroatoms. The van der Waals surface area contributed by atoms with E-state index < -0.39 is 17.7 Å². The molecule has 0 aliphatic heterocycles. The number of nitrogens with zero attached hydrogens (tertiary/aromatic N) is 2. The highest BCUT2D eigenvalue weighted by Crippen LogP contribution is 2.24. The van der Waals surface area contributed by atoms with Crippen molar-refractivity contribution in [2.45, 2.75) is 13.0 Å². The molecule has 1 unspecified atom stereocenters. The normalized spacial score (nSPS) is 12.4. The van der Waals surface area contributed by atoms with Gasteiger partial charge >= 0.3 is 0 Å². The molecule has 18 heavy (non-hydrogen) atoms. The van der Waals surface area contributed by atoms with E-state index in [-0.39, 0.29) is 5.56 Å². The molecule has 0 radical (unpaired) electrons. The van der Waals surface area contributed by atoms with E-state index >= 15 is 0 Å². The fraction of sp³-hybridized carbons (Fsp3) is 0.167. The van der Waals surface area contributed by atoms with Crippen molar-refractivity contribution in [2.24, 2.45) is 5.84 Å². The van der Waals surface area contributed by atoms with Crippen LogP contribution < -0.4 is 11.3 Å². The predicted molar refractivity (Wildman–Crippen MR) is 62.3 cm³/mol. The Morgan fingerprint density at radius 1 is 1.17 bits per heavy atom. The molecule has 94 valence electrons. The SMILES string of the molecule is Cc1cnc(C(NN)c2c(F)cccc2F)cn1. The second kappa shape index (κ2) is 5.16. The fourth-order valence-corrected chi connectivity index (χ4v) is 1.65. The summed E-state index contributed by atoms with van der Waals surface area (Å²) in [6.45, 7) is 1.77. The van der Waals surface area contributed by atoms with Crippen LogP contribution in [0.15, 0.2) is 30.6 Å². The van der Waals surface area contributed by atoms with Gasteiger partial charge in [-0.2, -0.15) is 0 Å². The van der Waals surface area contributed by atoms with Gasteiger partial charge in [-0.05, 0) is 19.1 Å². The molecule has 0 bridgehead atoms. The molecule has 1 heterocycles.